The maximum absolute atomic E-state index is 14.1. The molecule has 14 nitrogen and oxygen atoms in total. The summed E-state index contributed by atoms with van der Waals surface area (Å²) in [4.78, 5) is 81.0. The maximum atomic E-state index is 14.1. The van der Waals surface area contributed by atoms with Crippen molar-refractivity contribution in [2.45, 2.75) is 103 Å². The summed E-state index contributed by atoms with van der Waals surface area (Å²) in [6.07, 6.45) is 0.740. The zero-order valence-electron chi connectivity index (χ0n) is 35.2. The summed E-state index contributed by atoms with van der Waals surface area (Å²) in [5, 5.41) is 11.0. The molecule has 3 aromatic carbocycles. The zero-order valence-corrected chi connectivity index (χ0v) is 35.2. The molecule has 14 heteroatoms. The van der Waals surface area contributed by atoms with Crippen LogP contribution >= 0.6 is 0 Å². The molecule has 3 atom stereocenters. The number of benzene rings is 3. The summed E-state index contributed by atoms with van der Waals surface area (Å²) in [5.41, 5.74) is 1.79. The number of carbonyl (C=O) groups excluding carboxylic acids is 6. The Hall–Kier alpha value is -5.92. The van der Waals surface area contributed by atoms with Crippen LogP contribution in [0.2, 0.25) is 0 Å². The smallest absolute Gasteiger partial charge is 0.410 e. The van der Waals surface area contributed by atoms with Crippen LogP contribution in [-0.4, -0.2) is 91.2 Å². The molecular formula is C45H61N5O9. The van der Waals surface area contributed by atoms with Gasteiger partial charge in [0, 0.05) is 19.5 Å². The van der Waals surface area contributed by atoms with E-state index in [1.165, 1.54) is 12.0 Å². The molecule has 0 aromatic heterocycles. The minimum absolute atomic E-state index is 0.0375. The number of nitrogens with one attached hydrogen (secondary N) is 4. The fourth-order valence-corrected chi connectivity index (χ4v) is 6.02. The predicted octanol–water partition coefficient (Wildman–Crippen LogP) is 5.48. The number of unbranched alkanes of at least 4 members (excludes halogenated alkanes) is 1. The quantitative estimate of drug-likeness (QED) is 0.0580. The van der Waals surface area contributed by atoms with E-state index < -0.39 is 59.6 Å². The van der Waals surface area contributed by atoms with E-state index in [0.29, 0.717) is 25.8 Å². The van der Waals surface area contributed by atoms with Gasteiger partial charge in [0.1, 0.15) is 36.9 Å². The number of methoxy groups -OCH3 is 1. The van der Waals surface area contributed by atoms with Gasteiger partial charge in [0.2, 0.25) is 17.7 Å². The van der Waals surface area contributed by atoms with Gasteiger partial charge in [0.05, 0.1) is 7.11 Å². The Labute approximate surface area is 348 Å². The van der Waals surface area contributed by atoms with Crippen LogP contribution in [0.5, 0.6) is 0 Å². The summed E-state index contributed by atoms with van der Waals surface area (Å²) in [6, 6.07) is 24.7. The van der Waals surface area contributed by atoms with Crippen molar-refractivity contribution in [1.29, 1.82) is 0 Å². The normalized spacial score (nSPS) is 12.6. The van der Waals surface area contributed by atoms with Crippen molar-refractivity contribution in [3.05, 3.63) is 108 Å². The van der Waals surface area contributed by atoms with Crippen molar-refractivity contribution < 1.29 is 43.0 Å². The molecule has 5 amide bonds. The minimum Gasteiger partial charge on any atom is -0.467 e. The molecule has 3 rings (SSSR count). The largest absolute Gasteiger partial charge is 0.467 e. The van der Waals surface area contributed by atoms with Gasteiger partial charge in [0.25, 0.3) is 0 Å². The Kier molecular flexibility index (Phi) is 19.9. The summed E-state index contributed by atoms with van der Waals surface area (Å²) in [7, 11) is 1.22. The number of carbonyl (C=O) groups is 6. The third-order valence-corrected chi connectivity index (χ3v) is 8.98. The van der Waals surface area contributed by atoms with E-state index in [4.69, 9.17) is 14.2 Å². The first-order valence-corrected chi connectivity index (χ1v) is 20.1. The minimum atomic E-state index is -1.12. The van der Waals surface area contributed by atoms with E-state index in [1.54, 1.807) is 20.8 Å². The molecule has 0 aliphatic rings. The fourth-order valence-electron chi connectivity index (χ4n) is 6.02. The summed E-state index contributed by atoms with van der Waals surface area (Å²) in [6.45, 7) is 9.26. The van der Waals surface area contributed by atoms with E-state index in [9.17, 15) is 28.8 Å². The lowest BCUT2D eigenvalue weighted by Crippen LogP contribution is -2.57. The first-order chi connectivity index (χ1) is 28.1. The van der Waals surface area contributed by atoms with Gasteiger partial charge in [0.15, 0.2) is 0 Å². The van der Waals surface area contributed by atoms with Crippen LogP contribution in [0.15, 0.2) is 91.0 Å². The molecule has 0 saturated heterocycles. The lowest BCUT2D eigenvalue weighted by atomic mass is 10.00. The van der Waals surface area contributed by atoms with Crippen LogP contribution in [0, 0.1) is 5.92 Å². The molecule has 0 unspecified atom stereocenters. The SMILES string of the molecule is COC(=O)[C@@H](CCCCNC(=O)OCc1ccccc1)NC(=O)[C@@H](CC(C)C)NC(=O)[C@@H](Cc1ccccc1)NC(=O)CN(CCc1ccccc1)C(=O)OC(C)(C)C. The topological polar surface area (TPSA) is 181 Å². The Morgan fingerprint density at radius 3 is 1.83 bits per heavy atom. The molecule has 0 bridgehead atoms. The number of rotatable bonds is 22. The molecule has 3 aromatic rings. The van der Waals surface area contributed by atoms with Gasteiger partial charge < -0.3 is 35.5 Å². The van der Waals surface area contributed by atoms with Gasteiger partial charge in [-0.3, -0.25) is 19.3 Å². The molecule has 0 radical (unpaired) electrons. The lowest BCUT2D eigenvalue weighted by molar-refractivity contribution is -0.145. The molecule has 320 valence electrons. The van der Waals surface area contributed by atoms with Gasteiger partial charge in [-0.25, -0.2) is 14.4 Å². The standard InChI is InChI=1S/C45H61N5O9/c1-32(2)28-37(40(52)48-36(42(54)57-6)24-16-17-26-46-43(55)58-31-35-22-14-9-15-23-35)49-41(53)38(29-34-20-12-8-13-21-34)47-39(51)30-50(44(56)59-45(3,4)5)27-25-33-18-10-7-11-19-33/h7-15,18-23,32,36-38H,16-17,24-31H2,1-6H3,(H,46,55)(H,47,51)(H,48,52)(H,49,53)/t36-,37-,38-/m1/s1. The van der Waals surface area contributed by atoms with E-state index in [2.05, 4.69) is 21.3 Å². The molecule has 0 fully saturated rings. The average Bonchev–Trinajstić information content (AvgIpc) is 3.20. The highest BCUT2D eigenvalue weighted by molar-refractivity contribution is 5.94. The van der Waals surface area contributed by atoms with Crippen LogP contribution in [0.3, 0.4) is 0 Å². The van der Waals surface area contributed by atoms with Crippen molar-refractivity contribution in [1.82, 2.24) is 26.2 Å². The number of ether oxygens (including phenoxy) is 3. The highest BCUT2D eigenvalue weighted by Crippen LogP contribution is 2.13. The van der Waals surface area contributed by atoms with Crippen LogP contribution < -0.4 is 21.3 Å². The van der Waals surface area contributed by atoms with Crippen molar-refractivity contribution in [3.63, 3.8) is 0 Å². The molecule has 59 heavy (non-hydrogen) atoms. The number of hydrogen-bond donors (Lipinski definition) is 4. The summed E-state index contributed by atoms with van der Waals surface area (Å²) in [5.74, 6) is -2.49. The van der Waals surface area contributed by atoms with E-state index in [1.807, 2.05) is 105 Å². The van der Waals surface area contributed by atoms with Gasteiger partial charge in [-0.2, -0.15) is 0 Å². The van der Waals surface area contributed by atoms with E-state index >= 15 is 0 Å². The average molecular weight is 816 g/mol. The van der Waals surface area contributed by atoms with Gasteiger partial charge >= 0.3 is 18.2 Å². The highest BCUT2D eigenvalue weighted by atomic mass is 16.6. The van der Waals surface area contributed by atoms with Crippen LogP contribution in [0.4, 0.5) is 9.59 Å². The number of alkyl carbamates (subject to hydrolysis) is 1. The Morgan fingerprint density at radius 2 is 1.25 bits per heavy atom. The highest BCUT2D eigenvalue weighted by Gasteiger charge is 2.32. The van der Waals surface area contributed by atoms with E-state index in [0.717, 1.165) is 16.7 Å². The van der Waals surface area contributed by atoms with Gasteiger partial charge in [-0.15, -0.1) is 0 Å². The second-order valence-electron chi connectivity index (χ2n) is 15.7. The molecule has 0 spiro atoms. The fraction of sp³-hybridized carbons (Fsp3) is 0.467. The summed E-state index contributed by atoms with van der Waals surface area (Å²) < 4.78 is 15.8. The molecular weight excluding hydrogens is 755 g/mol. The van der Waals surface area contributed by atoms with Gasteiger partial charge in [-0.1, -0.05) is 105 Å². The Bertz CT molecular complexity index is 1770. The Balaban J connectivity index is 1.67. The molecule has 4 N–H and O–H groups in total. The first kappa shape index (κ1) is 47.5. The predicted molar refractivity (Wildman–Crippen MR) is 224 cm³/mol. The molecule has 0 aliphatic carbocycles. The third-order valence-electron chi connectivity index (χ3n) is 8.98. The lowest BCUT2D eigenvalue weighted by Gasteiger charge is -2.28. The van der Waals surface area contributed by atoms with Crippen LogP contribution in [0.25, 0.3) is 0 Å². The Morgan fingerprint density at radius 1 is 0.695 bits per heavy atom. The number of amides is 5. The first-order valence-electron chi connectivity index (χ1n) is 20.1. The second kappa shape index (κ2) is 24.8. The number of hydrogen-bond acceptors (Lipinski definition) is 9. The van der Waals surface area contributed by atoms with Crippen molar-refractivity contribution in [2.24, 2.45) is 5.92 Å². The van der Waals surface area contributed by atoms with Crippen molar-refractivity contribution in [2.75, 3.05) is 26.7 Å². The van der Waals surface area contributed by atoms with Gasteiger partial charge in [-0.05, 0) is 75.5 Å². The zero-order chi connectivity index (χ0) is 43.2. The van der Waals surface area contributed by atoms with Crippen molar-refractivity contribution in [3.8, 4) is 0 Å². The van der Waals surface area contributed by atoms with Crippen LogP contribution in [0.1, 0.15) is 77.0 Å². The van der Waals surface area contributed by atoms with E-state index in [-0.39, 0.29) is 44.9 Å². The number of nitrogens with zero attached hydrogens (tertiary/aromatic N) is 1. The maximum Gasteiger partial charge on any atom is 0.410 e. The monoisotopic (exact) mass is 815 g/mol. The summed E-state index contributed by atoms with van der Waals surface area (Å²) >= 11 is 0. The number of esters is 1. The molecule has 0 heterocycles. The molecule has 0 aliphatic heterocycles. The van der Waals surface area contributed by atoms with Crippen molar-refractivity contribution >= 4 is 35.9 Å². The second-order valence-corrected chi connectivity index (χ2v) is 15.7. The third kappa shape index (κ3) is 18.9. The molecule has 0 saturated carbocycles. The van der Waals surface area contributed by atoms with Crippen LogP contribution in [-0.2, 0) is 52.8 Å².